The Morgan fingerprint density at radius 1 is 0.284 bits per heavy atom. The second-order valence-electron chi connectivity index (χ2n) is 26.6. The van der Waals surface area contributed by atoms with E-state index in [0.717, 1.165) is 154 Å². The summed E-state index contributed by atoms with van der Waals surface area (Å²) in [5.74, 6) is -2.28. The molecular weight excluding hydrogens is 1330 g/mol. The van der Waals surface area contributed by atoms with Gasteiger partial charge in [0.2, 0.25) is 0 Å². The van der Waals surface area contributed by atoms with Gasteiger partial charge >= 0.3 is 39.5 Å². The summed E-state index contributed by atoms with van der Waals surface area (Å²) in [6, 6.07) is 0. The highest BCUT2D eigenvalue weighted by molar-refractivity contribution is 7.47. The first-order valence-corrected chi connectivity index (χ1v) is 43.1. The number of allylic oxidation sites excluding steroid dienone is 18. The zero-order chi connectivity index (χ0) is 74.6. The summed E-state index contributed by atoms with van der Waals surface area (Å²) in [6.07, 6.45) is 80.8. The summed E-state index contributed by atoms with van der Waals surface area (Å²) in [6.45, 7) is 4.65. The van der Waals surface area contributed by atoms with Gasteiger partial charge in [0, 0.05) is 25.7 Å². The van der Waals surface area contributed by atoms with Gasteiger partial charge in [-0.05, 0) is 141 Å². The molecule has 3 N–H and O–H groups in total. The molecule has 0 bridgehead atoms. The number of unbranched alkanes of at least 4 members (excludes halogenated alkanes) is 31. The smallest absolute Gasteiger partial charge is 0.462 e. The van der Waals surface area contributed by atoms with E-state index in [9.17, 15) is 43.2 Å². The summed E-state index contributed by atoms with van der Waals surface area (Å²) in [5, 5.41) is 10.6. The van der Waals surface area contributed by atoms with Crippen LogP contribution in [0, 0.1) is 0 Å². The van der Waals surface area contributed by atoms with Crippen LogP contribution >= 0.6 is 15.6 Å². The predicted octanol–water partition coefficient (Wildman–Crippen LogP) is 23.3. The Labute approximate surface area is 619 Å². The van der Waals surface area contributed by atoms with Crippen LogP contribution in [0.25, 0.3) is 0 Å². The number of ether oxygens (including phenoxy) is 4. The molecule has 0 amide bonds. The molecule has 2 unspecified atom stereocenters. The number of hydrogen-bond donors (Lipinski definition) is 3. The minimum Gasteiger partial charge on any atom is -0.462 e. The first kappa shape index (κ1) is 97.7. The minimum atomic E-state index is -5.00. The van der Waals surface area contributed by atoms with E-state index < -0.39 is 97.5 Å². The van der Waals surface area contributed by atoms with Crippen molar-refractivity contribution in [2.75, 3.05) is 39.6 Å². The van der Waals surface area contributed by atoms with Gasteiger partial charge in [-0.25, -0.2) is 9.13 Å². The molecule has 0 aromatic carbocycles. The van der Waals surface area contributed by atoms with E-state index >= 15 is 0 Å². The Balaban J connectivity index is 5.42. The molecule has 0 aliphatic carbocycles. The van der Waals surface area contributed by atoms with Crippen LogP contribution in [-0.4, -0.2) is 96.7 Å². The molecule has 17 nitrogen and oxygen atoms in total. The van der Waals surface area contributed by atoms with Crippen LogP contribution in [0.3, 0.4) is 0 Å². The second kappa shape index (κ2) is 75.0. The monoisotopic (exact) mass is 1470 g/mol. The quantitative estimate of drug-likeness (QED) is 0.0169. The van der Waals surface area contributed by atoms with Crippen molar-refractivity contribution in [3.63, 3.8) is 0 Å². The third-order valence-corrected chi connectivity index (χ3v) is 18.6. The summed E-state index contributed by atoms with van der Waals surface area (Å²) in [5.41, 5.74) is 0. The highest BCUT2D eigenvalue weighted by Gasteiger charge is 2.30. The number of carbonyl (C=O) groups is 4. The minimum absolute atomic E-state index is 0.0316. The van der Waals surface area contributed by atoms with Crippen LogP contribution in [-0.2, 0) is 65.4 Å². The van der Waals surface area contributed by atoms with Crippen molar-refractivity contribution in [2.24, 2.45) is 0 Å². The summed E-state index contributed by atoms with van der Waals surface area (Å²) in [7, 11) is -9.98. The molecule has 588 valence electrons. The summed E-state index contributed by atoms with van der Waals surface area (Å²) in [4.78, 5) is 73.0. The average molecular weight is 1480 g/mol. The number of hydrogen-bond acceptors (Lipinski definition) is 15. The first-order chi connectivity index (χ1) is 49.7. The topological polar surface area (TPSA) is 237 Å². The highest BCUT2D eigenvalue weighted by Crippen LogP contribution is 2.45. The number of rotatable bonds is 75. The number of aliphatic hydroxyl groups excluding tert-OH is 1. The summed E-state index contributed by atoms with van der Waals surface area (Å²) < 4.78 is 68.5. The molecule has 5 atom stereocenters. The van der Waals surface area contributed by atoms with Gasteiger partial charge in [0.25, 0.3) is 0 Å². The molecule has 0 spiro atoms. The molecular formula is C83H144O17P2. The van der Waals surface area contributed by atoms with Gasteiger partial charge in [-0.1, -0.05) is 278 Å². The number of carbonyl (C=O) groups excluding carboxylic acids is 4. The summed E-state index contributed by atoms with van der Waals surface area (Å²) >= 11 is 0. The van der Waals surface area contributed by atoms with Crippen molar-refractivity contribution in [2.45, 2.75) is 354 Å². The molecule has 102 heavy (non-hydrogen) atoms. The SMILES string of the molecule is CC/C=C\C/C=C\C/C=C\C/C=C\C/C=C\C/C=C\CCC(=O)O[C@H](COC(=O)CCCCCCCCC/C=C\CCCCCC)COP(=O)(O)OC[C@@H](O)COP(=O)(O)OC[C@@H](COC(=O)CCCCCCCCC/C=C\CCCCCC)OC(=O)CCCCCCC/C=C\CCCCCC. The molecule has 0 aromatic rings. The van der Waals surface area contributed by atoms with Crippen LogP contribution in [0.4, 0.5) is 0 Å². The van der Waals surface area contributed by atoms with Crippen LogP contribution in [0.2, 0.25) is 0 Å². The van der Waals surface area contributed by atoms with Crippen LogP contribution in [0.1, 0.15) is 336 Å². The maximum absolute atomic E-state index is 13.1. The molecule has 0 fully saturated rings. The van der Waals surface area contributed by atoms with Crippen molar-refractivity contribution in [1.82, 2.24) is 0 Å². The number of phosphoric ester groups is 2. The van der Waals surface area contributed by atoms with E-state index in [2.05, 4.69) is 119 Å². The fraction of sp³-hybridized carbons (Fsp3) is 0.735. The number of phosphoric acid groups is 2. The molecule has 0 aliphatic rings. The maximum Gasteiger partial charge on any atom is 0.472 e. The van der Waals surface area contributed by atoms with Crippen molar-refractivity contribution >= 4 is 39.5 Å². The molecule has 19 heteroatoms. The molecule has 0 rings (SSSR count). The lowest BCUT2D eigenvalue weighted by molar-refractivity contribution is -0.161. The van der Waals surface area contributed by atoms with Crippen LogP contribution < -0.4 is 0 Å². The first-order valence-electron chi connectivity index (χ1n) is 40.1. The Morgan fingerprint density at radius 2 is 0.529 bits per heavy atom. The third kappa shape index (κ3) is 74.0. The van der Waals surface area contributed by atoms with E-state index in [-0.39, 0.29) is 25.7 Å². The van der Waals surface area contributed by atoms with Crippen molar-refractivity contribution < 1.29 is 80.2 Å². The molecule has 0 heterocycles. The fourth-order valence-electron chi connectivity index (χ4n) is 10.6. The van der Waals surface area contributed by atoms with E-state index in [1.165, 1.54) is 96.3 Å². The largest absolute Gasteiger partial charge is 0.472 e. The Bertz CT molecular complexity index is 2360. The Kier molecular flexibility index (Phi) is 71.8. The van der Waals surface area contributed by atoms with E-state index in [1.807, 2.05) is 18.2 Å². The third-order valence-electron chi connectivity index (χ3n) is 16.7. The molecule has 0 aromatic heterocycles. The van der Waals surface area contributed by atoms with Crippen LogP contribution in [0.5, 0.6) is 0 Å². The lowest BCUT2D eigenvalue weighted by Crippen LogP contribution is -2.30. The van der Waals surface area contributed by atoms with Crippen molar-refractivity contribution in [3.05, 3.63) is 109 Å². The van der Waals surface area contributed by atoms with Gasteiger partial charge in [0.15, 0.2) is 12.2 Å². The van der Waals surface area contributed by atoms with Gasteiger partial charge in [-0.15, -0.1) is 0 Å². The van der Waals surface area contributed by atoms with Gasteiger partial charge in [0.1, 0.15) is 19.3 Å². The van der Waals surface area contributed by atoms with Gasteiger partial charge < -0.3 is 33.8 Å². The standard InChI is InChI=1S/C83H144O17P2/c1-5-9-13-17-21-25-29-33-36-37-38-39-42-46-50-54-58-62-66-70-83(88)100-79(74-94-81(86)68-64-60-56-52-48-45-41-35-31-27-23-19-15-11-7-3)76-98-102(91,92)96-72-77(84)71-95-101(89,90)97-75-78(99-82(87)69-65-61-57-53-49-43-32-28-24-20-16-12-8-4)73-93-80(85)67-63-59-55-51-47-44-40-34-30-26-22-18-14-10-6-2/h9,13,21,25-28,30-33,36,38-39,46,50,58,62,77-79,84H,5-8,10-12,14-20,22-24,29,34-35,37,40-45,47-49,51-57,59-61,63-76H2,1-4H3,(H,89,90)(H,91,92)/b13-9-,25-21-,30-26-,31-27-,32-28-,36-33-,39-38-,50-46-,62-58-/t77-,78+,79+/m0/s1. The Morgan fingerprint density at radius 3 is 0.843 bits per heavy atom. The maximum atomic E-state index is 13.1. The molecule has 0 saturated carbocycles. The fourth-order valence-corrected chi connectivity index (χ4v) is 12.2. The van der Waals surface area contributed by atoms with Crippen LogP contribution in [0.15, 0.2) is 109 Å². The van der Waals surface area contributed by atoms with E-state index in [4.69, 9.17) is 37.0 Å². The van der Waals surface area contributed by atoms with Crippen molar-refractivity contribution in [3.8, 4) is 0 Å². The predicted molar refractivity (Wildman–Crippen MR) is 418 cm³/mol. The highest BCUT2D eigenvalue weighted by atomic mass is 31.2. The van der Waals surface area contributed by atoms with Gasteiger partial charge in [0.05, 0.1) is 26.4 Å². The lowest BCUT2D eigenvalue weighted by Gasteiger charge is -2.21. The molecule has 0 radical (unpaired) electrons. The van der Waals surface area contributed by atoms with Gasteiger partial charge in [-0.2, -0.15) is 0 Å². The second-order valence-corrected chi connectivity index (χ2v) is 29.5. The lowest BCUT2D eigenvalue weighted by atomic mass is 10.1. The number of aliphatic hydroxyl groups is 1. The molecule has 0 aliphatic heterocycles. The van der Waals surface area contributed by atoms with Crippen molar-refractivity contribution in [1.29, 1.82) is 0 Å². The zero-order valence-electron chi connectivity index (χ0n) is 64.3. The zero-order valence-corrected chi connectivity index (χ0v) is 66.0. The Hall–Kier alpha value is -4.28. The van der Waals surface area contributed by atoms with E-state index in [1.54, 1.807) is 0 Å². The van der Waals surface area contributed by atoms with E-state index in [0.29, 0.717) is 32.1 Å². The number of esters is 4. The normalized spacial score (nSPS) is 14.5. The molecule has 0 saturated heterocycles. The van der Waals surface area contributed by atoms with Gasteiger partial charge in [-0.3, -0.25) is 37.3 Å². The average Bonchev–Trinajstić information content (AvgIpc) is 0.908.